The fourth-order valence-electron chi connectivity index (χ4n) is 4.06. The van der Waals surface area contributed by atoms with Crippen molar-refractivity contribution in [3.63, 3.8) is 0 Å². The number of hydrogen-bond donors (Lipinski definition) is 2. The van der Waals surface area contributed by atoms with Gasteiger partial charge in [-0.3, -0.25) is 9.59 Å². The molecule has 0 saturated carbocycles. The van der Waals surface area contributed by atoms with Crippen molar-refractivity contribution >= 4 is 38.0 Å². The number of benzene rings is 1. The first-order valence-corrected chi connectivity index (χ1v) is 12.6. The lowest BCUT2D eigenvalue weighted by atomic mass is 9.95. The Morgan fingerprint density at radius 2 is 1.90 bits per heavy atom. The van der Waals surface area contributed by atoms with Gasteiger partial charge in [-0.05, 0) is 49.8 Å². The predicted molar refractivity (Wildman–Crippen MR) is 116 cm³/mol. The van der Waals surface area contributed by atoms with E-state index in [4.69, 9.17) is 4.74 Å². The minimum atomic E-state index is -3.10. The van der Waals surface area contributed by atoms with Gasteiger partial charge in [0.15, 0.2) is 9.84 Å². The number of anilines is 1. The minimum absolute atomic E-state index is 0.0338. The molecule has 9 heteroatoms. The molecular formula is C21H24N2O5S2. The Bertz CT molecular complexity index is 1090. The average Bonchev–Trinajstić information content (AvgIpc) is 3.26. The van der Waals surface area contributed by atoms with Crippen molar-refractivity contribution < 1.29 is 22.7 Å². The van der Waals surface area contributed by atoms with Crippen molar-refractivity contribution in [2.75, 3.05) is 23.9 Å². The largest absolute Gasteiger partial charge is 0.496 e. The SMILES string of the molecule is COc1ccccc1C(=O)Nc1sc2c(c1C(=O)N[C@H]1CCS(=O)(=O)C1)CCCC2. The van der Waals surface area contributed by atoms with Gasteiger partial charge in [0, 0.05) is 10.9 Å². The summed E-state index contributed by atoms with van der Waals surface area (Å²) in [5.41, 5.74) is 1.83. The summed E-state index contributed by atoms with van der Waals surface area (Å²) in [4.78, 5) is 27.2. The lowest BCUT2D eigenvalue weighted by molar-refractivity contribution is 0.0941. The summed E-state index contributed by atoms with van der Waals surface area (Å²) >= 11 is 1.43. The monoisotopic (exact) mass is 448 g/mol. The van der Waals surface area contributed by atoms with Crippen molar-refractivity contribution in [2.24, 2.45) is 0 Å². The van der Waals surface area contributed by atoms with E-state index in [1.807, 2.05) is 0 Å². The maximum absolute atomic E-state index is 13.1. The van der Waals surface area contributed by atoms with Gasteiger partial charge >= 0.3 is 0 Å². The number of ether oxygens (including phenoxy) is 1. The molecule has 1 saturated heterocycles. The Labute approximate surface area is 179 Å². The number of nitrogens with one attached hydrogen (secondary N) is 2. The first kappa shape index (κ1) is 20.9. The van der Waals surface area contributed by atoms with Gasteiger partial charge in [0.2, 0.25) is 0 Å². The van der Waals surface area contributed by atoms with E-state index in [9.17, 15) is 18.0 Å². The lowest BCUT2D eigenvalue weighted by Gasteiger charge is -2.16. The topological polar surface area (TPSA) is 102 Å². The van der Waals surface area contributed by atoms with Gasteiger partial charge in [-0.25, -0.2) is 8.42 Å². The van der Waals surface area contributed by atoms with Crippen LogP contribution in [-0.2, 0) is 22.7 Å². The Morgan fingerprint density at radius 3 is 2.63 bits per heavy atom. The fourth-order valence-corrected chi connectivity index (χ4v) is 7.02. The van der Waals surface area contributed by atoms with Gasteiger partial charge in [0.25, 0.3) is 11.8 Å². The van der Waals surface area contributed by atoms with Crippen LogP contribution in [0.25, 0.3) is 0 Å². The van der Waals surface area contributed by atoms with Crippen molar-refractivity contribution in [1.29, 1.82) is 0 Å². The molecule has 7 nitrogen and oxygen atoms in total. The fraction of sp³-hybridized carbons (Fsp3) is 0.429. The molecule has 1 aliphatic carbocycles. The van der Waals surface area contributed by atoms with E-state index >= 15 is 0 Å². The highest BCUT2D eigenvalue weighted by Crippen LogP contribution is 2.38. The van der Waals surface area contributed by atoms with Crippen molar-refractivity contribution in [2.45, 2.75) is 38.1 Å². The Kier molecular flexibility index (Phi) is 5.84. The summed E-state index contributed by atoms with van der Waals surface area (Å²) in [7, 11) is -1.59. The van der Waals surface area contributed by atoms with Crippen LogP contribution in [0, 0.1) is 0 Å². The molecule has 160 valence electrons. The first-order valence-electron chi connectivity index (χ1n) is 9.98. The normalized spacial score (nSPS) is 19.7. The molecule has 0 radical (unpaired) electrons. The molecule has 2 amide bonds. The number of fused-ring (bicyclic) bond motifs is 1. The van der Waals surface area contributed by atoms with E-state index < -0.39 is 9.84 Å². The maximum Gasteiger partial charge on any atom is 0.260 e. The van der Waals surface area contributed by atoms with Crippen LogP contribution in [0.15, 0.2) is 24.3 Å². The van der Waals surface area contributed by atoms with Gasteiger partial charge in [-0.2, -0.15) is 0 Å². The number of carbonyl (C=O) groups excluding carboxylic acids is 2. The second-order valence-electron chi connectivity index (χ2n) is 7.64. The number of amides is 2. The highest BCUT2D eigenvalue weighted by molar-refractivity contribution is 7.91. The molecule has 1 aromatic heterocycles. The van der Waals surface area contributed by atoms with Crippen LogP contribution in [0.2, 0.25) is 0 Å². The van der Waals surface area contributed by atoms with E-state index in [-0.39, 0.29) is 29.4 Å². The van der Waals surface area contributed by atoms with Crippen LogP contribution >= 0.6 is 11.3 Å². The molecular weight excluding hydrogens is 424 g/mol. The van der Waals surface area contributed by atoms with Gasteiger partial charge in [0.05, 0.1) is 29.7 Å². The molecule has 1 aliphatic heterocycles. The van der Waals surface area contributed by atoms with Crippen LogP contribution in [0.4, 0.5) is 5.00 Å². The summed E-state index contributed by atoms with van der Waals surface area (Å²) in [5.74, 6) is -0.140. The van der Waals surface area contributed by atoms with E-state index in [1.165, 1.54) is 18.4 Å². The number of thiophene rings is 1. The third-order valence-electron chi connectivity index (χ3n) is 5.54. The third-order valence-corrected chi connectivity index (χ3v) is 8.52. The number of sulfone groups is 1. The number of hydrogen-bond acceptors (Lipinski definition) is 6. The zero-order chi connectivity index (χ0) is 21.3. The number of rotatable bonds is 5. The number of methoxy groups -OCH3 is 1. The molecule has 4 rings (SSSR count). The molecule has 0 bridgehead atoms. The number of aryl methyl sites for hydroxylation is 1. The highest BCUT2D eigenvalue weighted by atomic mass is 32.2. The van der Waals surface area contributed by atoms with Crippen LogP contribution in [0.5, 0.6) is 5.75 Å². The molecule has 0 unspecified atom stereocenters. The van der Waals surface area contributed by atoms with E-state index in [0.29, 0.717) is 28.3 Å². The minimum Gasteiger partial charge on any atom is -0.496 e. The summed E-state index contributed by atoms with van der Waals surface area (Å²) in [5, 5.41) is 6.29. The lowest BCUT2D eigenvalue weighted by Crippen LogP contribution is -2.36. The molecule has 0 spiro atoms. The van der Waals surface area contributed by atoms with Crippen LogP contribution in [-0.4, -0.2) is 44.9 Å². The summed E-state index contributed by atoms with van der Waals surface area (Å²) in [6.45, 7) is 0. The number of carbonyl (C=O) groups is 2. The Balaban J connectivity index is 1.62. The molecule has 1 aromatic carbocycles. The molecule has 1 fully saturated rings. The third kappa shape index (κ3) is 4.22. The quantitative estimate of drug-likeness (QED) is 0.732. The van der Waals surface area contributed by atoms with Crippen molar-refractivity contribution in [3.8, 4) is 5.75 Å². The van der Waals surface area contributed by atoms with E-state index in [2.05, 4.69) is 10.6 Å². The molecule has 2 aromatic rings. The average molecular weight is 449 g/mol. The molecule has 1 atom stereocenters. The maximum atomic E-state index is 13.1. The van der Waals surface area contributed by atoms with Crippen LogP contribution < -0.4 is 15.4 Å². The van der Waals surface area contributed by atoms with Crippen LogP contribution in [0.3, 0.4) is 0 Å². The van der Waals surface area contributed by atoms with Crippen LogP contribution in [0.1, 0.15) is 50.4 Å². The zero-order valence-corrected chi connectivity index (χ0v) is 18.3. The van der Waals surface area contributed by atoms with Crippen molar-refractivity contribution in [1.82, 2.24) is 5.32 Å². The second kappa shape index (κ2) is 8.39. The van der Waals surface area contributed by atoms with Gasteiger partial charge in [-0.1, -0.05) is 12.1 Å². The molecule has 2 heterocycles. The highest BCUT2D eigenvalue weighted by Gasteiger charge is 2.32. The Hall–Kier alpha value is -2.39. The standard InChI is InChI=1S/C21H24N2O5S2/c1-28-16-8-4-2-6-14(16)19(24)23-21-18(15-7-3-5-9-17(15)29-21)20(25)22-13-10-11-30(26,27)12-13/h2,4,6,8,13H,3,5,7,9-12H2,1H3,(H,22,25)(H,23,24)/t13-/m0/s1. The van der Waals surface area contributed by atoms with E-state index in [1.54, 1.807) is 24.3 Å². The van der Waals surface area contributed by atoms with E-state index in [0.717, 1.165) is 36.1 Å². The molecule has 2 N–H and O–H groups in total. The smallest absolute Gasteiger partial charge is 0.260 e. The van der Waals surface area contributed by atoms with Crippen molar-refractivity contribution in [3.05, 3.63) is 45.8 Å². The summed E-state index contributed by atoms with van der Waals surface area (Å²) in [6, 6.07) is 6.53. The Morgan fingerprint density at radius 1 is 1.13 bits per heavy atom. The summed E-state index contributed by atoms with van der Waals surface area (Å²) in [6.07, 6.45) is 4.12. The van der Waals surface area contributed by atoms with Gasteiger partial charge in [0.1, 0.15) is 10.8 Å². The van der Waals surface area contributed by atoms with Gasteiger partial charge in [-0.15, -0.1) is 11.3 Å². The number of para-hydroxylation sites is 1. The predicted octanol–water partition coefficient (Wildman–Crippen LogP) is 2.80. The molecule has 30 heavy (non-hydrogen) atoms. The van der Waals surface area contributed by atoms with Gasteiger partial charge < -0.3 is 15.4 Å². The molecule has 2 aliphatic rings. The first-order chi connectivity index (χ1) is 14.4. The zero-order valence-electron chi connectivity index (χ0n) is 16.7. The summed E-state index contributed by atoms with van der Waals surface area (Å²) < 4.78 is 28.8. The second-order valence-corrected chi connectivity index (χ2v) is 11.0.